The molecule has 3 aliphatic rings. The Bertz CT molecular complexity index is 762. The van der Waals surface area contributed by atoms with Crippen LogP contribution in [0.1, 0.15) is 54.4 Å². The summed E-state index contributed by atoms with van der Waals surface area (Å²) in [5.41, 5.74) is 2.23. The van der Waals surface area contributed by atoms with Gasteiger partial charge < -0.3 is 14.2 Å². The molecule has 2 bridgehead atoms. The number of carbonyl (C=O) groups is 1. The van der Waals surface area contributed by atoms with E-state index in [-0.39, 0.29) is 17.0 Å². The van der Waals surface area contributed by atoms with Gasteiger partial charge in [0.05, 0.1) is 32.0 Å². The number of aromatic amines is 1. The molecule has 5 rings (SSSR count). The predicted molar refractivity (Wildman–Crippen MR) is 99.5 cm³/mol. The van der Waals surface area contributed by atoms with Gasteiger partial charge in [0.15, 0.2) is 5.69 Å². The van der Waals surface area contributed by atoms with Crippen LogP contribution in [0.2, 0.25) is 0 Å². The number of benzene rings is 1. The second-order valence-electron chi connectivity index (χ2n) is 7.62. The number of hydrogen-bond donors (Lipinski definition) is 1. The van der Waals surface area contributed by atoms with E-state index in [0.29, 0.717) is 32.1 Å². The summed E-state index contributed by atoms with van der Waals surface area (Å²) in [6.45, 7) is 4.00. The van der Waals surface area contributed by atoms with Crippen LogP contribution in [-0.2, 0) is 26.2 Å². The first-order chi connectivity index (χ1) is 13.1. The molecule has 1 N–H and O–H groups in total. The van der Waals surface area contributed by atoms with Crippen molar-refractivity contribution in [2.45, 2.75) is 50.2 Å². The van der Waals surface area contributed by atoms with Crippen LogP contribution in [0.25, 0.3) is 0 Å². The molecule has 27 heavy (non-hydrogen) atoms. The Labute approximate surface area is 159 Å². The molecule has 1 aliphatic carbocycles. The number of ether oxygens (including phenoxy) is 3. The van der Waals surface area contributed by atoms with E-state index in [1.807, 2.05) is 24.3 Å². The van der Waals surface area contributed by atoms with E-state index in [1.165, 1.54) is 5.56 Å². The number of aromatic nitrogens is 2. The second-order valence-corrected chi connectivity index (χ2v) is 7.62. The standard InChI is InChI=1S/C21H26N2O4/c1-2-26-19(24)17-12-18(23-22-17)20-8-10-21(11-9-20,27-14-20)15-25-13-16-6-4-3-5-7-16/h3-7,12H,2,8-11,13-15H2,1H3,(H,22,23). The smallest absolute Gasteiger partial charge is 0.358 e. The minimum Gasteiger partial charge on any atom is -0.461 e. The molecule has 0 spiro atoms. The first-order valence-corrected chi connectivity index (χ1v) is 9.63. The number of H-pyrrole nitrogens is 1. The topological polar surface area (TPSA) is 73.4 Å². The van der Waals surface area contributed by atoms with Gasteiger partial charge in [0.25, 0.3) is 0 Å². The van der Waals surface area contributed by atoms with Crippen LogP contribution in [0.4, 0.5) is 0 Å². The van der Waals surface area contributed by atoms with Crippen molar-refractivity contribution in [2.75, 3.05) is 19.8 Å². The number of rotatable bonds is 7. The second kappa shape index (κ2) is 7.44. The Morgan fingerprint density at radius 1 is 1.22 bits per heavy atom. The lowest BCUT2D eigenvalue weighted by Crippen LogP contribution is -2.55. The largest absolute Gasteiger partial charge is 0.461 e. The molecule has 0 amide bonds. The van der Waals surface area contributed by atoms with E-state index in [1.54, 1.807) is 6.92 Å². The van der Waals surface area contributed by atoms with Crippen molar-refractivity contribution in [3.63, 3.8) is 0 Å². The zero-order chi connectivity index (χ0) is 18.7. The number of esters is 1. The fourth-order valence-corrected chi connectivity index (χ4v) is 4.13. The van der Waals surface area contributed by atoms with Crippen molar-refractivity contribution in [2.24, 2.45) is 0 Å². The molecule has 3 heterocycles. The van der Waals surface area contributed by atoms with Gasteiger partial charge in [-0.2, -0.15) is 5.10 Å². The van der Waals surface area contributed by atoms with Crippen molar-refractivity contribution in [3.8, 4) is 0 Å². The van der Waals surface area contributed by atoms with Crippen LogP contribution in [0.15, 0.2) is 36.4 Å². The number of fused-ring (bicyclic) bond motifs is 3. The van der Waals surface area contributed by atoms with Crippen molar-refractivity contribution < 1.29 is 19.0 Å². The van der Waals surface area contributed by atoms with Gasteiger partial charge in [0.2, 0.25) is 0 Å². The van der Waals surface area contributed by atoms with Crippen LogP contribution in [-0.4, -0.2) is 41.6 Å². The van der Waals surface area contributed by atoms with E-state index in [2.05, 4.69) is 22.3 Å². The van der Waals surface area contributed by atoms with E-state index in [4.69, 9.17) is 14.2 Å². The molecule has 0 radical (unpaired) electrons. The van der Waals surface area contributed by atoms with E-state index in [9.17, 15) is 4.79 Å². The van der Waals surface area contributed by atoms with E-state index < -0.39 is 0 Å². The summed E-state index contributed by atoms with van der Waals surface area (Å²) in [7, 11) is 0. The van der Waals surface area contributed by atoms with Gasteiger partial charge in [-0.05, 0) is 44.2 Å². The molecule has 6 nitrogen and oxygen atoms in total. The maximum atomic E-state index is 11.9. The average Bonchev–Trinajstić information content (AvgIpc) is 3.22. The summed E-state index contributed by atoms with van der Waals surface area (Å²) < 4.78 is 17.3. The zero-order valence-corrected chi connectivity index (χ0v) is 15.7. The molecule has 2 saturated heterocycles. The predicted octanol–water partition coefficient (Wildman–Crippen LogP) is 3.38. The summed E-state index contributed by atoms with van der Waals surface area (Å²) in [6, 6.07) is 12.0. The lowest BCUT2D eigenvalue weighted by Gasteiger charge is -2.52. The fourth-order valence-electron chi connectivity index (χ4n) is 4.13. The van der Waals surface area contributed by atoms with Crippen molar-refractivity contribution in [3.05, 3.63) is 53.3 Å². The molecule has 0 atom stereocenters. The quantitative estimate of drug-likeness (QED) is 0.757. The number of hydrogen-bond acceptors (Lipinski definition) is 5. The number of nitrogens with one attached hydrogen (secondary N) is 1. The Balaban J connectivity index is 1.36. The lowest BCUT2D eigenvalue weighted by atomic mass is 9.64. The molecule has 1 aromatic heterocycles. The first kappa shape index (κ1) is 18.2. The minimum absolute atomic E-state index is 0.0844. The third-order valence-corrected chi connectivity index (χ3v) is 5.88. The average molecular weight is 370 g/mol. The molecule has 6 heteroatoms. The molecule has 1 saturated carbocycles. The lowest BCUT2D eigenvalue weighted by molar-refractivity contribution is -0.186. The molecule has 0 unspecified atom stereocenters. The van der Waals surface area contributed by atoms with Crippen molar-refractivity contribution in [1.29, 1.82) is 0 Å². The van der Waals surface area contributed by atoms with Crippen LogP contribution < -0.4 is 0 Å². The molecular weight excluding hydrogens is 344 g/mol. The van der Waals surface area contributed by atoms with Gasteiger partial charge in [0.1, 0.15) is 0 Å². The highest BCUT2D eigenvalue weighted by atomic mass is 16.5. The van der Waals surface area contributed by atoms with E-state index in [0.717, 1.165) is 31.4 Å². The summed E-state index contributed by atoms with van der Waals surface area (Å²) in [5.74, 6) is -0.382. The number of nitrogens with zero attached hydrogens (tertiary/aromatic N) is 1. The minimum atomic E-state index is -0.382. The molecule has 2 aromatic rings. The maximum absolute atomic E-state index is 11.9. The monoisotopic (exact) mass is 370 g/mol. The molecular formula is C21H26N2O4. The zero-order valence-electron chi connectivity index (χ0n) is 15.7. The molecule has 3 fully saturated rings. The van der Waals surface area contributed by atoms with Crippen LogP contribution in [0.5, 0.6) is 0 Å². The van der Waals surface area contributed by atoms with Crippen molar-refractivity contribution >= 4 is 5.97 Å². The Kier molecular flexibility index (Phi) is 5.02. The fraction of sp³-hybridized carbons (Fsp3) is 0.524. The van der Waals surface area contributed by atoms with Gasteiger partial charge in [-0.3, -0.25) is 5.10 Å². The van der Waals surface area contributed by atoms with Gasteiger partial charge in [-0.25, -0.2) is 4.79 Å². The maximum Gasteiger partial charge on any atom is 0.358 e. The summed E-state index contributed by atoms with van der Waals surface area (Å²) in [6.07, 6.45) is 3.92. The van der Waals surface area contributed by atoms with Crippen molar-refractivity contribution in [1.82, 2.24) is 10.2 Å². The molecule has 2 aliphatic heterocycles. The summed E-state index contributed by atoms with van der Waals surface area (Å²) in [4.78, 5) is 11.9. The SMILES string of the molecule is CCOC(=O)c1cc(C23CCC(COCc4ccccc4)(CC2)OC3)[nH]n1. The van der Waals surface area contributed by atoms with Gasteiger partial charge in [-0.1, -0.05) is 30.3 Å². The summed E-state index contributed by atoms with van der Waals surface area (Å²) >= 11 is 0. The molecule has 144 valence electrons. The van der Waals surface area contributed by atoms with Crippen LogP contribution >= 0.6 is 0 Å². The summed E-state index contributed by atoms with van der Waals surface area (Å²) in [5, 5.41) is 7.19. The van der Waals surface area contributed by atoms with Gasteiger partial charge in [0, 0.05) is 11.1 Å². The van der Waals surface area contributed by atoms with E-state index >= 15 is 0 Å². The van der Waals surface area contributed by atoms with Gasteiger partial charge in [-0.15, -0.1) is 0 Å². The molecule has 1 aromatic carbocycles. The normalized spacial score (nSPS) is 26.9. The third kappa shape index (κ3) is 3.64. The Hall–Kier alpha value is -2.18. The van der Waals surface area contributed by atoms with Crippen LogP contribution in [0.3, 0.4) is 0 Å². The Morgan fingerprint density at radius 3 is 2.67 bits per heavy atom. The highest BCUT2D eigenvalue weighted by molar-refractivity contribution is 5.87. The third-order valence-electron chi connectivity index (χ3n) is 5.88. The number of carbonyl (C=O) groups excluding carboxylic acids is 1. The first-order valence-electron chi connectivity index (χ1n) is 9.63. The Morgan fingerprint density at radius 2 is 2.00 bits per heavy atom. The van der Waals surface area contributed by atoms with Gasteiger partial charge >= 0.3 is 5.97 Å². The van der Waals surface area contributed by atoms with Crippen LogP contribution in [0, 0.1) is 0 Å². The highest BCUT2D eigenvalue weighted by Gasteiger charge is 2.51. The highest BCUT2D eigenvalue weighted by Crippen LogP contribution is 2.50.